The second kappa shape index (κ2) is 8.71. The molecule has 28 heavy (non-hydrogen) atoms. The number of amides is 1. The molecule has 3 unspecified atom stereocenters. The van der Waals surface area contributed by atoms with Gasteiger partial charge in [0.2, 0.25) is 5.91 Å². The van der Waals surface area contributed by atoms with Crippen LogP contribution in [0.4, 0.5) is 0 Å². The van der Waals surface area contributed by atoms with Crippen molar-refractivity contribution in [2.45, 2.75) is 43.7 Å². The molecule has 4 rings (SSSR count). The van der Waals surface area contributed by atoms with Crippen LogP contribution in [-0.2, 0) is 11.2 Å². The van der Waals surface area contributed by atoms with E-state index < -0.39 is 0 Å². The summed E-state index contributed by atoms with van der Waals surface area (Å²) in [5.41, 5.74) is 8.99. The fraction of sp³-hybridized carbons (Fsp3) is 0.455. The fourth-order valence-corrected chi connectivity index (χ4v) is 4.57. The molecular weight excluding hydrogens is 352 g/mol. The van der Waals surface area contributed by atoms with Gasteiger partial charge in [-0.25, -0.2) is 0 Å². The predicted octanol–water partition coefficient (Wildman–Crippen LogP) is 2.27. The Balaban J connectivity index is 1.53. The fourth-order valence-electron chi connectivity index (χ4n) is 4.57. The molecule has 1 aromatic carbocycles. The van der Waals surface area contributed by atoms with Crippen LogP contribution < -0.4 is 15.6 Å². The number of ether oxygens (including phenoxy) is 1. The molecule has 6 nitrogen and oxygen atoms in total. The van der Waals surface area contributed by atoms with Crippen molar-refractivity contribution in [2.24, 2.45) is 0 Å². The number of carbonyl (C=O) groups is 1. The zero-order valence-electron chi connectivity index (χ0n) is 16.3. The van der Waals surface area contributed by atoms with Crippen LogP contribution in [0.2, 0.25) is 0 Å². The zero-order valence-corrected chi connectivity index (χ0v) is 16.3. The summed E-state index contributed by atoms with van der Waals surface area (Å²) in [4.78, 5) is 19.5. The Morgan fingerprint density at radius 3 is 2.86 bits per heavy atom. The van der Waals surface area contributed by atoms with Crippen molar-refractivity contribution >= 4 is 5.91 Å². The number of benzene rings is 1. The average Bonchev–Trinajstić information content (AvgIpc) is 3.24. The van der Waals surface area contributed by atoms with E-state index in [9.17, 15) is 4.79 Å². The topological polar surface area (TPSA) is 66.5 Å². The average molecular weight is 380 g/mol. The third-order valence-electron chi connectivity index (χ3n) is 5.98. The number of hydrogen-bond donors (Lipinski definition) is 2. The normalized spacial score (nSPS) is 24.9. The predicted molar refractivity (Wildman–Crippen MR) is 108 cm³/mol. The van der Waals surface area contributed by atoms with E-state index in [0.717, 1.165) is 43.7 Å². The van der Waals surface area contributed by atoms with Crippen LogP contribution in [0.3, 0.4) is 0 Å². The van der Waals surface area contributed by atoms with E-state index in [-0.39, 0.29) is 18.0 Å². The molecule has 2 aliphatic heterocycles. The maximum atomic E-state index is 13.3. The summed E-state index contributed by atoms with van der Waals surface area (Å²) in [7, 11) is 1.65. The van der Waals surface area contributed by atoms with Crippen molar-refractivity contribution in [3.8, 4) is 5.75 Å². The molecule has 2 aromatic rings. The zero-order chi connectivity index (χ0) is 19.3. The highest BCUT2D eigenvalue weighted by Crippen LogP contribution is 2.31. The molecule has 6 heteroatoms. The number of hydrazine groups is 1. The van der Waals surface area contributed by atoms with Gasteiger partial charge in [0, 0.05) is 49.0 Å². The van der Waals surface area contributed by atoms with E-state index in [4.69, 9.17) is 4.74 Å². The van der Waals surface area contributed by atoms with E-state index in [1.807, 2.05) is 36.7 Å². The first-order valence-electron chi connectivity index (χ1n) is 10.1. The number of likely N-dealkylation sites (tertiary alicyclic amines) is 1. The molecule has 2 saturated heterocycles. The standard InChI is InChI=1S/C22H28N4O2/c1-28-20-8-3-2-6-17(20)14-21(27)26-13-5-4-7-19(26)22-18(15-24-25-22)16-9-11-23-12-10-16/h2-3,6,8-12,18-19,22,24-25H,4-5,7,13-15H2,1H3. The Morgan fingerprint density at radius 2 is 2.04 bits per heavy atom. The van der Waals surface area contributed by atoms with Crippen LogP contribution in [-0.4, -0.2) is 48.1 Å². The van der Waals surface area contributed by atoms with Crippen LogP contribution in [0.1, 0.15) is 36.3 Å². The largest absolute Gasteiger partial charge is 0.496 e. The van der Waals surface area contributed by atoms with Gasteiger partial charge in [0.15, 0.2) is 0 Å². The summed E-state index contributed by atoms with van der Waals surface area (Å²) in [6.07, 6.45) is 7.31. The number of nitrogens with zero attached hydrogens (tertiary/aromatic N) is 2. The Kier molecular flexibility index (Phi) is 5.88. The third-order valence-corrected chi connectivity index (χ3v) is 5.98. The lowest BCUT2D eigenvalue weighted by molar-refractivity contribution is -0.135. The maximum Gasteiger partial charge on any atom is 0.227 e. The van der Waals surface area contributed by atoms with Gasteiger partial charge in [0.05, 0.1) is 13.5 Å². The highest BCUT2D eigenvalue weighted by Gasteiger charge is 2.40. The molecule has 148 valence electrons. The quantitative estimate of drug-likeness (QED) is 0.833. The number of para-hydroxylation sites is 1. The number of pyridine rings is 1. The molecule has 3 atom stereocenters. The smallest absolute Gasteiger partial charge is 0.227 e. The summed E-state index contributed by atoms with van der Waals surface area (Å²) < 4.78 is 5.44. The van der Waals surface area contributed by atoms with Crippen molar-refractivity contribution in [1.29, 1.82) is 0 Å². The van der Waals surface area contributed by atoms with Crippen molar-refractivity contribution in [2.75, 3.05) is 20.2 Å². The van der Waals surface area contributed by atoms with Crippen molar-refractivity contribution < 1.29 is 9.53 Å². The molecule has 2 aliphatic rings. The number of hydrogen-bond acceptors (Lipinski definition) is 5. The summed E-state index contributed by atoms with van der Waals surface area (Å²) in [5, 5.41) is 0. The summed E-state index contributed by atoms with van der Waals surface area (Å²) in [6, 6.07) is 12.3. The molecular formula is C22H28N4O2. The first-order valence-corrected chi connectivity index (χ1v) is 10.1. The summed E-state index contributed by atoms with van der Waals surface area (Å²) in [5.74, 6) is 1.28. The monoisotopic (exact) mass is 380 g/mol. The first kappa shape index (κ1) is 18.9. The summed E-state index contributed by atoms with van der Waals surface area (Å²) >= 11 is 0. The van der Waals surface area contributed by atoms with E-state index in [1.165, 1.54) is 5.56 Å². The molecule has 0 bridgehead atoms. The van der Waals surface area contributed by atoms with Crippen molar-refractivity contribution in [3.05, 3.63) is 59.9 Å². The minimum absolute atomic E-state index is 0.177. The molecule has 3 heterocycles. The van der Waals surface area contributed by atoms with Crippen LogP contribution in [0.15, 0.2) is 48.8 Å². The van der Waals surface area contributed by atoms with Crippen molar-refractivity contribution in [3.63, 3.8) is 0 Å². The molecule has 0 saturated carbocycles. The number of rotatable bonds is 5. The lowest BCUT2D eigenvalue weighted by atomic mass is 9.84. The molecule has 1 aromatic heterocycles. The Hall–Kier alpha value is -2.44. The van der Waals surface area contributed by atoms with Crippen molar-refractivity contribution in [1.82, 2.24) is 20.7 Å². The number of carbonyl (C=O) groups excluding carboxylic acids is 1. The van der Waals surface area contributed by atoms with E-state index in [1.54, 1.807) is 7.11 Å². The van der Waals surface area contributed by atoms with E-state index in [2.05, 4.69) is 32.9 Å². The number of nitrogens with one attached hydrogen (secondary N) is 2. The lowest BCUT2D eigenvalue weighted by Gasteiger charge is -2.41. The highest BCUT2D eigenvalue weighted by atomic mass is 16.5. The minimum atomic E-state index is 0.177. The van der Waals surface area contributed by atoms with Gasteiger partial charge >= 0.3 is 0 Å². The number of piperidine rings is 1. The van der Waals surface area contributed by atoms with Crippen LogP contribution in [0.5, 0.6) is 5.75 Å². The maximum absolute atomic E-state index is 13.3. The SMILES string of the molecule is COc1ccccc1CC(=O)N1CCCCC1C1NNCC1c1ccncc1. The first-order chi connectivity index (χ1) is 13.8. The third kappa shape index (κ3) is 3.88. The second-order valence-electron chi connectivity index (χ2n) is 7.58. The van der Waals surface area contributed by atoms with Crippen LogP contribution in [0, 0.1) is 0 Å². The molecule has 2 fully saturated rings. The van der Waals surface area contributed by atoms with Gasteiger partial charge in [-0.3, -0.25) is 20.6 Å². The number of aromatic nitrogens is 1. The van der Waals surface area contributed by atoms with Gasteiger partial charge in [-0.05, 0) is 43.0 Å². The highest BCUT2D eigenvalue weighted by molar-refractivity contribution is 5.80. The van der Waals surface area contributed by atoms with Gasteiger partial charge in [-0.15, -0.1) is 0 Å². The van der Waals surface area contributed by atoms with Gasteiger partial charge in [-0.2, -0.15) is 0 Å². The Labute approximate surface area is 166 Å². The Morgan fingerprint density at radius 1 is 1.21 bits per heavy atom. The molecule has 2 N–H and O–H groups in total. The van der Waals surface area contributed by atoms with Gasteiger partial charge in [0.25, 0.3) is 0 Å². The molecule has 0 aliphatic carbocycles. The lowest BCUT2D eigenvalue weighted by Crippen LogP contribution is -2.55. The molecule has 0 spiro atoms. The number of methoxy groups -OCH3 is 1. The van der Waals surface area contributed by atoms with E-state index in [0.29, 0.717) is 12.3 Å². The molecule has 1 amide bonds. The van der Waals surface area contributed by atoms with Gasteiger partial charge in [0.1, 0.15) is 5.75 Å². The summed E-state index contributed by atoms with van der Waals surface area (Å²) in [6.45, 7) is 1.68. The minimum Gasteiger partial charge on any atom is -0.496 e. The molecule has 0 radical (unpaired) electrons. The van der Waals surface area contributed by atoms with E-state index >= 15 is 0 Å². The Bertz CT molecular complexity index is 798. The van der Waals surface area contributed by atoms with Crippen LogP contribution in [0.25, 0.3) is 0 Å². The second-order valence-corrected chi connectivity index (χ2v) is 7.58. The van der Waals surface area contributed by atoms with Crippen LogP contribution >= 0.6 is 0 Å². The van der Waals surface area contributed by atoms with Gasteiger partial charge in [-0.1, -0.05) is 18.2 Å². The van der Waals surface area contributed by atoms with Gasteiger partial charge < -0.3 is 9.64 Å².